The molecule has 3 saturated heterocycles. The quantitative estimate of drug-likeness (QED) is 0.131. The fraction of sp³-hybridized carbons (Fsp3) is 0.952. The topological polar surface area (TPSA) is 208 Å². The van der Waals surface area contributed by atoms with E-state index in [2.05, 4.69) is 54.5 Å². The summed E-state index contributed by atoms with van der Waals surface area (Å²) in [5, 5.41) is 84.8. The van der Waals surface area contributed by atoms with Gasteiger partial charge in [0.15, 0.2) is 12.6 Å². The second kappa shape index (κ2) is 15.4. The molecule has 3 aliphatic heterocycles. The Kier molecular flexibility index (Phi) is 11.8. The van der Waals surface area contributed by atoms with Crippen LogP contribution in [0.4, 0.5) is 0 Å². The first-order valence-electron chi connectivity index (χ1n) is 21.0. The first-order valence-corrected chi connectivity index (χ1v) is 21.0. The van der Waals surface area contributed by atoms with E-state index in [0.29, 0.717) is 36.7 Å². The van der Waals surface area contributed by atoms with Crippen molar-refractivity contribution in [3.8, 4) is 0 Å². The minimum Gasteiger partial charge on any atom is -0.394 e. The Labute approximate surface area is 326 Å². The first-order chi connectivity index (χ1) is 25.8. The SMILES string of the molecule is CC(C)=C[C@H]1OC[C@@H]([C@@H]2CC[C@]3(C)[C@H]4CC[C@H]5C(C)(C)[C@@H](O[C@H]6O[C@@H](CO)[C@H](O)[C@@H](O)[C@@H]6O[C@@H]6O[C@H](CO)[C@@H](O)[C@H](O)[C@@H]6O)CC[C@@]5(C)[C@@H]4CC[C@@]23C)[C@@H]1O. The van der Waals surface area contributed by atoms with Crippen LogP contribution in [0, 0.1) is 51.2 Å². The van der Waals surface area contributed by atoms with E-state index in [1.807, 2.05) is 0 Å². The average Bonchev–Trinajstić information content (AvgIpc) is 3.62. The van der Waals surface area contributed by atoms with Crippen molar-refractivity contribution in [1.82, 2.24) is 0 Å². The van der Waals surface area contributed by atoms with Crippen molar-refractivity contribution in [3.63, 3.8) is 0 Å². The predicted octanol–water partition coefficient (Wildman–Crippen LogP) is 2.02. The van der Waals surface area contributed by atoms with Crippen molar-refractivity contribution in [3.05, 3.63) is 11.6 Å². The van der Waals surface area contributed by atoms with Gasteiger partial charge in [0.25, 0.3) is 0 Å². The summed E-state index contributed by atoms with van der Waals surface area (Å²) in [6.07, 6.45) is -5.45. The molecule has 316 valence electrons. The summed E-state index contributed by atoms with van der Waals surface area (Å²) in [6, 6.07) is 0. The standard InChI is InChI=1S/C42H70O13/c1-20(2)16-25-30(45)21(19-51-25)22-10-14-42(7)24-8-9-28-39(3,4)29(12-13-40(28,5)23(24)11-15-41(22,42)6)54-38-36(34(49)32(47)27(18-44)53-38)55-37-35(50)33(48)31(46)26(17-43)52-37/h16,21-38,43-50H,8-15,17-19H2,1-7H3/t21-,22-,23+,24-,25+,26+,27-,28-,29-,30-,31+,32-,33-,34+,35-,36-,37-,38+,40-,41-,42+/m0/s1. The summed E-state index contributed by atoms with van der Waals surface area (Å²) >= 11 is 0. The van der Waals surface area contributed by atoms with Gasteiger partial charge in [0, 0.05) is 5.92 Å². The molecule has 3 heterocycles. The van der Waals surface area contributed by atoms with Gasteiger partial charge in [-0.3, -0.25) is 0 Å². The van der Waals surface area contributed by atoms with Gasteiger partial charge in [-0.05, 0) is 111 Å². The van der Waals surface area contributed by atoms with Crippen LogP contribution < -0.4 is 0 Å². The lowest BCUT2D eigenvalue weighted by atomic mass is 9.38. The van der Waals surface area contributed by atoms with Gasteiger partial charge in [-0.1, -0.05) is 46.3 Å². The van der Waals surface area contributed by atoms with Crippen LogP contribution in [0.5, 0.6) is 0 Å². The molecular weight excluding hydrogens is 712 g/mol. The summed E-state index contributed by atoms with van der Waals surface area (Å²) in [7, 11) is 0. The molecule has 8 N–H and O–H groups in total. The van der Waals surface area contributed by atoms with Crippen molar-refractivity contribution < 1.29 is 64.5 Å². The highest BCUT2D eigenvalue weighted by molar-refractivity contribution is 5.18. The molecule has 4 aliphatic carbocycles. The highest BCUT2D eigenvalue weighted by Gasteiger charge is 2.69. The van der Waals surface area contributed by atoms with Crippen LogP contribution in [0.1, 0.15) is 99.8 Å². The van der Waals surface area contributed by atoms with Crippen molar-refractivity contribution >= 4 is 0 Å². The molecular formula is C42H70O13. The van der Waals surface area contributed by atoms with Gasteiger partial charge < -0.3 is 64.5 Å². The molecule has 0 radical (unpaired) electrons. The Bertz CT molecular complexity index is 1390. The van der Waals surface area contributed by atoms with Gasteiger partial charge in [0.2, 0.25) is 0 Å². The summed E-state index contributed by atoms with van der Waals surface area (Å²) in [4.78, 5) is 0. The summed E-state index contributed by atoms with van der Waals surface area (Å²) in [5.74, 6) is 1.98. The minimum absolute atomic E-state index is 0.0578. The molecule has 0 bridgehead atoms. The van der Waals surface area contributed by atoms with E-state index in [9.17, 15) is 40.9 Å². The van der Waals surface area contributed by atoms with Crippen LogP contribution in [0.2, 0.25) is 0 Å². The molecule has 0 spiro atoms. The molecule has 0 unspecified atom stereocenters. The van der Waals surface area contributed by atoms with E-state index >= 15 is 0 Å². The minimum atomic E-state index is -1.73. The normalized spacial score (nSPS) is 55.0. The highest BCUT2D eigenvalue weighted by Crippen LogP contribution is 2.75. The number of ether oxygens (including phenoxy) is 5. The zero-order chi connectivity index (χ0) is 40.0. The molecule has 4 saturated carbocycles. The number of aliphatic hydroxyl groups is 8. The molecule has 7 fully saturated rings. The van der Waals surface area contributed by atoms with Gasteiger partial charge in [0.1, 0.15) is 54.9 Å². The van der Waals surface area contributed by atoms with Crippen LogP contribution in [-0.2, 0) is 23.7 Å². The van der Waals surface area contributed by atoms with Crippen molar-refractivity contribution in [2.75, 3.05) is 19.8 Å². The van der Waals surface area contributed by atoms with Gasteiger partial charge in [0.05, 0.1) is 32.0 Å². The van der Waals surface area contributed by atoms with Crippen LogP contribution in [0.25, 0.3) is 0 Å². The van der Waals surface area contributed by atoms with Crippen LogP contribution in [0.15, 0.2) is 11.6 Å². The summed E-state index contributed by atoms with van der Waals surface area (Å²) in [5.41, 5.74) is 1.16. The smallest absolute Gasteiger partial charge is 0.187 e. The monoisotopic (exact) mass is 782 g/mol. The van der Waals surface area contributed by atoms with Crippen molar-refractivity contribution in [2.24, 2.45) is 51.2 Å². The largest absolute Gasteiger partial charge is 0.394 e. The van der Waals surface area contributed by atoms with Crippen molar-refractivity contribution in [2.45, 2.75) is 180 Å². The van der Waals surface area contributed by atoms with Crippen LogP contribution in [0.3, 0.4) is 0 Å². The fourth-order valence-electron chi connectivity index (χ4n) is 13.8. The molecule has 0 aromatic rings. The van der Waals surface area contributed by atoms with E-state index in [0.717, 1.165) is 44.9 Å². The van der Waals surface area contributed by atoms with E-state index in [1.165, 1.54) is 5.57 Å². The maximum absolute atomic E-state index is 11.5. The summed E-state index contributed by atoms with van der Waals surface area (Å²) < 4.78 is 30.6. The van der Waals surface area contributed by atoms with Gasteiger partial charge >= 0.3 is 0 Å². The Morgan fingerprint density at radius 2 is 1.24 bits per heavy atom. The Balaban J connectivity index is 1.08. The zero-order valence-corrected chi connectivity index (χ0v) is 33.9. The molecule has 13 heteroatoms. The van der Waals surface area contributed by atoms with Gasteiger partial charge in [-0.2, -0.15) is 0 Å². The number of aliphatic hydroxyl groups excluding tert-OH is 8. The number of rotatable bonds is 8. The number of hydrogen-bond acceptors (Lipinski definition) is 13. The maximum Gasteiger partial charge on any atom is 0.187 e. The summed E-state index contributed by atoms with van der Waals surface area (Å²) in [6.45, 7) is 15.5. The molecule has 55 heavy (non-hydrogen) atoms. The second-order valence-corrected chi connectivity index (χ2v) is 20.1. The number of fused-ring (bicyclic) bond motifs is 5. The predicted molar refractivity (Wildman–Crippen MR) is 199 cm³/mol. The Morgan fingerprint density at radius 1 is 0.636 bits per heavy atom. The van der Waals surface area contributed by atoms with Gasteiger partial charge in [-0.25, -0.2) is 0 Å². The zero-order valence-electron chi connectivity index (χ0n) is 33.9. The highest BCUT2D eigenvalue weighted by atomic mass is 16.8. The molecule has 0 amide bonds. The molecule has 13 nitrogen and oxygen atoms in total. The average molecular weight is 783 g/mol. The number of hydrogen-bond donors (Lipinski definition) is 8. The number of allylic oxidation sites excluding steroid dienone is 1. The fourth-order valence-corrected chi connectivity index (χ4v) is 13.8. The van der Waals surface area contributed by atoms with Gasteiger partial charge in [-0.15, -0.1) is 0 Å². The van der Waals surface area contributed by atoms with E-state index in [4.69, 9.17) is 23.7 Å². The lowest BCUT2D eigenvalue weighted by Gasteiger charge is -2.68. The second-order valence-electron chi connectivity index (χ2n) is 20.1. The van der Waals surface area contributed by atoms with E-state index in [1.54, 1.807) is 0 Å². The third kappa shape index (κ3) is 6.71. The molecule has 7 aliphatic rings. The van der Waals surface area contributed by atoms with Crippen molar-refractivity contribution in [1.29, 1.82) is 0 Å². The first kappa shape index (κ1) is 42.3. The maximum atomic E-state index is 11.5. The molecule has 7 rings (SSSR count). The Hall–Kier alpha value is -0.780. The Morgan fingerprint density at radius 3 is 1.87 bits per heavy atom. The molecule has 0 aromatic carbocycles. The third-order valence-electron chi connectivity index (χ3n) is 17.0. The van der Waals surface area contributed by atoms with Crippen LogP contribution >= 0.6 is 0 Å². The molecule has 21 atom stereocenters. The van der Waals surface area contributed by atoms with E-state index in [-0.39, 0.29) is 39.8 Å². The van der Waals surface area contributed by atoms with E-state index < -0.39 is 80.7 Å². The lowest BCUT2D eigenvalue weighted by Crippen LogP contribution is -2.66. The van der Waals surface area contributed by atoms with Crippen LogP contribution in [-0.4, -0.2) is 140 Å². The lowest BCUT2D eigenvalue weighted by molar-refractivity contribution is -0.378. The third-order valence-corrected chi connectivity index (χ3v) is 17.0. The molecule has 0 aromatic heterocycles.